The van der Waals surface area contributed by atoms with Gasteiger partial charge in [-0.05, 0) is 18.6 Å². The standard InChI is InChI=1S/C14H12O6/c1-19-8-2-3-9-12(8)13(16)11-7(15)4-6(14(17)18)5-10(11)20-9/h4-5,8,15H,2-3H2,1H3,(H,17,18)/t8-/m1/s1. The van der Waals surface area contributed by atoms with Gasteiger partial charge in [-0.15, -0.1) is 0 Å². The van der Waals surface area contributed by atoms with Crippen molar-refractivity contribution in [3.05, 3.63) is 39.2 Å². The number of rotatable bonds is 2. The maximum Gasteiger partial charge on any atom is 0.335 e. The van der Waals surface area contributed by atoms with Gasteiger partial charge in [-0.2, -0.15) is 0 Å². The molecule has 0 amide bonds. The van der Waals surface area contributed by atoms with Crippen LogP contribution < -0.4 is 5.43 Å². The Labute approximate surface area is 113 Å². The molecule has 0 spiro atoms. The van der Waals surface area contributed by atoms with Crippen molar-refractivity contribution in [1.29, 1.82) is 0 Å². The molecule has 20 heavy (non-hydrogen) atoms. The Kier molecular flexibility index (Phi) is 2.76. The Hall–Kier alpha value is -2.34. The summed E-state index contributed by atoms with van der Waals surface area (Å²) in [5.74, 6) is -1.09. The van der Waals surface area contributed by atoms with Gasteiger partial charge in [-0.25, -0.2) is 4.79 Å². The molecule has 6 heteroatoms. The number of carbonyl (C=O) groups is 1. The number of hydrogen-bond acceptors (Lipinski definition) is 5. The molecule has 0 saturated carbocycles. The smallest absolute Gasteiger partial charge is 0.335 e. The van der Waals surface area contributed by atoms with Crippen molar-refractivity contribution in [2.24, 2.45) is 0 Å². The lowest BCUT2D eigenvalue weighted by Crippen LogP contribution is -2.13. The molecule has 0 bridgehead atoms. The Bertz CT molecular complexity index is 773. The van der Waals surface area contributed by atoms with E-state index in [-0.39, 0.29) is 28.1 Å². The van der Waals surface area contributed by atoms with Crippen molar-refractivity contribution in [1.82, 2.24) is 0 Å². The lowest BCUT2D eigenvalue weighted by Gasteiger charge is -2.09. The average molecular weight is 276 g/mol. The lowest BCUT2D eigenvalue weighted by atomic mass is 10.1. The Morgan fingerprint density at radius 3 is 2.85 bits per heavy atom. The van der Waals surface area contributed by atoms with Gasteiger partial charge < -0.3 is 19.4 Å². The summed E-state index contributed by atoms with van der Waals surface area (Å²) in [6.07, 6.45) is 0.842. The maximum atomic E-state index is 12.4. The van der Waals surface area contributed by atoms with Crippen molar-refractivity contribution < 1.29 is 24.2 Å². The van der Waals surface area contributed by atoms with E-state index in [1.807, 2.05) is 0 Å². The van der Waals surface area contributed by atoms with E-state index in [0.717, 1.165) is 6.07 Å². The van der Waals surface area contributed by atoms with Crippen molar-refractivity contribution in [3.8, 4) is 5.75 Å². The largest absolute Gasteiger partial charge is 0.507 e. The van der Waals surface area contributed by atoms with Crippen molar-refractivity contribution in [2.75, 3.05) is 7.11 Å². The number of fused-ring (bicyclic) bond motifs is 2. The van der Waals surface area contributed by atoms with Crippen LogP contribution in [-0.4, -0.2) is 23.3 Å². The Morgan fingerprint density at radius 1 is 1.45 bits per heavy atom. The van der Waals surface area contributed by atoms with Gasteiger partial charge in [0.25, 0.3) is 0 Å². The molecule has 0 aliphatic heterocycles. The minimum atomic E-state index is -1.19. The molecule has 1 aromatic heterocycles. The number of aromatic hydroxyl groups is 1. The highest BCUT2D eigenvalue weighted by atomic mass is 16.5. The van der Waals surface area contributed by atoms with Crippen molar-refractivity contribution >= 4 is 16.9 Å². The summed E-state index contributed by atoms with van der Waals surface area (Å²) in [6, 6.07) is 2.30. The number of ether oxygens (including phenoxy) is 1. The molecule has 0 radical (unpaired) electrons. The third-order valence-electron chi connectivity index (χ3n) is 3.57. The molecule has 1 aliphatic rings. The first-order valence-corrected chi connectivity index (χ1v) is 6.11. The quantitative estimate of drug-likeness (QED) is 0.868. The topological polar surface area (TPSA) is 97.0 Å². The molecule has 0 saturated heterocycles. The predicted molar refractivity (Wildman–Crippen MR) is 69.2 cm³/mol. The van der Waals surface area contributed by atoms with Crippen LogP contribution >= 0.6 is 0 Å². The molecule has 1 aromatic carbocycles. The lowest BCUT2D eigenvalue weighted by molar-refractivity contribution is 0.0696. The second kappa shape index (κ2) is 4.35. The van der Waals surface area contributed by atoms with Gasteiger partial charge >= 0.3 is 5.97 Å². The van der Waals surface area contributed by atoms with Gasteiger partial charge in [-0.1, -0.05) is 0 Å². The molecule has 6 nitrogen and oxygen atoms in total. The summed E-state index contributed by atoms with van der Waals surface area (Å²) in [5, 5.41) is 18.9. The van der Waals surface area contributed by atoms with E-state index in [1.165, 1.54) is 13.2 Å². The van der Waals surface area contributed by atoms with Crippen molar-refractivity contribution in [3.63, 3.8) is 0 Å². The highest BCUT2D eigenvalue weighted by Crippen LogP contribution is 2.35. The molecule has 2 aromatic rings. The summed E-state index contributed by atoms with van der Waals surface area (Å²) < 4.78 is 10.8. The minimum Gasteiger partial charge on any atom is -0.507 e. The van der Waals surface area contributed by atoms with Crippen LogP contribution in [0.1, 0.15) is 34.2 Å². The van der Waals surface area contributed by atoms with Gasteiger partial charge in [0.2, 0.25) is 5.43 Å². The van der Waals surface area contributed by atoms with Gasteiger partial charge in [0.05, 0.1) is 17.2 Å². The van der Waals surface area contributed by atoms with Crippen molar-refractivity contribution in [2.45, 2.75) is 18.9 Å². The van der Waals surface area contributed by atoms with Crippen LogP contribution in [0.15, 0.2) is 21.3 Å². The number of hydrogen-bond donors (Lipinski definition) is 2. The SMILES string of the molecule is CO[C@@H]1CCc2oc3cc(C(=O)O)cc(O)c3c(=O)c21. The third kappa shape index (κ3) is 1.69. The maximum absolute atomic E-state index is 12.4. The van der Waals surface area contributed by atoms with Crippen LogP contribution in [0, 0.1) is 0 Å². The molecular weight excluding hydrogens is 264 g/mol. The molecule has 0 fully saturated rings. The summed E-state index contributed by atoms with van der Waals surface area (Å²) in [5.41, 5.74) is 0.0145. The van der Waals surface area contributed by atoms with Crippen LogP contribution in [0.4, 0.5) is 0 Å². The Morgan fingerprint density at radius 2 is 2.20 bits per heavy atom. The second-order valence-electron chi connectivity index (χ2n) is 4.70. The second-order valence-corrected chi connectivity index (χ2v) is 4.70. The molecule has 1 aliphatic carbocycles. The number of phenolic OH excluding ortho intramolecular Hbond substituents is 1. The fourth-order valence-electron chi connectivity index (χ4n) is 2.64. The number of carboxylic acids is 1. The predicted octanol–water partition coefficient (Wildman–Crippen LogP) is 1.83. The molecular formula is C14H12O6. The van der Waals surface area contributed by atoms with E-state index in [4.69, 9.17) is 14.3 Å². The zero-order chi connectivity index (χ0) is 14.4. The summed E-state index contributed by atoms with van der Waals surface area (Å²) in [7, 11) is 1.51. The average Bonchev–Trinajstić information content (AvgIpc) is 2.81. The minimum absolute atomic E-state index is 0.00213. The number of aromatic carboxylic acids is 1. The van der Waals surface area contributed by atoms with Gasteiger partial charge in [0.15, 0.2) is 0 Å². The first kappa shape index (κ1) is 12.7. The van der Waals surface area contributed by atoms with E-state index in [0.29, 0.717) is 24.2 Å². The zero-order valence-corrected chi connectivity index (χ0v) is 10.7. The van der Waals surface area contributed by atoms with E-state index < -0.39 is 11.7 Å². The molecule has 1 atom stereocenters. The molecule has 0 unspecified atom stereocenters. The van der Waals surface area contributed by atoms with Crippen LogP contribution in [0.25, 0.3) is 11.0 Å². The summed E-state index contributed by atoms with van der Waals surface area (Å²) >= 11 is 0. The van der Waals surface area contributed by atoms with Crippen LogP contribution in [0.3, 0.4) is 0 Å². The first-order valence-electron chi connectivity index (χ1n) is 6.11. The third-order valence-corrected chi connectivity index (χ3v) is 3.57. The van der Waals surface area contributed by atoms with E-state index in [9.17, 15) is 14.7 Å². The fourth-order valence-corrected chi connectivity index (χ4v) is 2.64. The fraction of sp³-hybridized carbons (Fsp3) is 0.286. The number of methoxy groups -OCH3 is 1. The normalized spacial score (nSPS) is 17.4. The number of carboxylic acid groups (broad SMARTS) is 1. The Balaban J connectivity index is 2.37. The first-order chi connectivity index (χ1) is 9.52. The highest BCUT2D eigenvalue weighted by molar-refractivity contribution is 5.95. The number of benzene rings is 1. The van der Waals surface area contributed by atoms with E-state index >= 15 is 0 Å². The number of aryl methyl sites for hydroxylation is 1. The van der Waals surface area contributed by atoms with E-state index in [2.05, 4.69) is 0 Å². The van der Waals surface area contributed by atoms with Gasteiger partial charge in [-0.3, -0.25) is 4.79 Å². The zero-order valence-electron chi connectivity index (χ0n) is 10.7. The van der Waals surface area contributed by atoms with Crippen LogP contribution in [-0.2, 0) is 11.2 Å². The van der Waals surface area contributed by atoms with Crippen LogP contribution in [0.2, 0.25) is 0 Å². The molecule has 2 N–H and O–H groups in total. The van der Waals surface area contributed by atoms with Gasteiger partial charge in [0.1, 0.15) is 22.5 Å². The molecule has 1 heterocycles. The van der Waals surface area contributed by atoms with Crippen LogP contribution in [0.5, 0.6) is 5.75 Å². The van der Waals surface area contributed by atoms with E-state index in [1.54, 1.807) is 0 Å². The summed E-state index contributed by atoms with van der Waals surface area (Å²) in [6.45, 7) is 0. The summed E-state index contributed by atoms with van der Waals surface area (Å²) in [4.78, 5) is 23.4. The van der Waals surface area contributed by atoms with Gasteiger partial charge in [0, 0.05) is 13.5 Å². The highest BCUT2D eigenvalue weighted by Gasteiger charge is 2.30. The monoisotopic (exact) mass is 276 g/mol. The number of phenols is 1. The molecule has 104 valence electrons. The molecule has 3 rings (SSSR count).